The van der Waals surface area contributed by atoms with Crippen LogP contribution in [-0.4, -0.2) is 44.0 Å². The highest BCUT2D eigenvalue weighted by molar-refractivity contribution is 7.10. The van der Waals surface area contributed by atoms with Crippen LogP contribution in [0.4, 0.5) is 0 Å². The van der Waals surface area contributed by atoms with Gasteiger partial charge in [-0.25, -0.2) is 0 Å². The molecule has 2 heterocycles. The van der Waals surface area contributed by atoms with E-state index in [1.165, 1.54) is 0 Å². The molecule has 0 unspecified atom stereocenters. The summed E-state index contributed by atoms with van der Waals surface area (Å²) in [6.07, 6.45) is 0.276. The van der Waals surface area contributed by atoms with E-state index in [0.29, 0.717) is 13.2 Å². The smallest absolute Gasteiger partial charge is 0.226 e. The van der Waals surface area contributed by atoms with Gasteiger partial charge in [-0.05, 0) is 11.4 Å². The molecule has 1 aromatic rings. The number of thiophene rings is 1. The second kappa shape index (κ2) is 6.16. The lowest BCUT2D eigenvalue weighted by Crippen LogP contribution is -2.35. The van der Waals surface area contributed by atoms with Crippen LogP contribution in [0.15, 0.2) is 17.5 Å². The lowest BCUT2D eigenvalue weighted by atomic mass is 9.98. The molecule has 1 aromatic heterocycles. The van der Waals surface area contributed by atoms with Gasteiger partial charge in [0.2, 0.25) is 11.8 Å². The number of amides is 2. The summed E-state index contributed by atoms with van der Waals surface area (Å²) in [6.45, 7) is 0.951. The van der Waals surface area contributed by atoms with E-state index in [1.54, 1.807) is 30.4 Å². The van der Waals surface area contributed by atoms with Crippen LogP contribution in [-0.2, 0) is 14.3 Å². The van der Waals surface area contributed by atoms with Crippen LogP contribution < -0.4 is 5.32 Å². The molecule has 2 atom stereocenters. The van der Waals surface area contributed by atoms with Gasteiger partial charge in [0, 0.05) is 32.0 Å². The van der Waals surface area contributed by atoms with E-state index >= 15 is 0 Å². The van der Waals surface area contributed by atoms with Crippen molar-refractivity contribution < 1.29 is 14.3 Å². The van der Waals surface area contributed by atoms with Gasteiger partial charge in [0.25, 0.3) is 0 Å². The number of methoxy groups -OCH3 is 1. The standard InChI is InChI=1S/C13H18N2O3S/c1-15-11(16)8-9(13(17)14-5-6-18-2)12(15)10-4-3-7-19-10/h3-4,7,9,12H,5-6,8H2,1-2H3,(H,14,17)/t9-,12+/m0/s1. The Morgan fingerprint density at radius 1 is 1.63 bits per heavy atom. The summed E-state index contributed by atoms with van der Waals surface area (Å²) in [7, 11) is 3.35. The Morgan fingerprint density at radius 2 is 2.42 bits per heavy atom. The molecule has 1 saturated heterocycles. The van der Waals surface area contributed by atoms with Crippen LogP contribution in [0.1, 0.15) is 17.3 Å². The van der Waals surface area contributed by atoms with Gasteiger partial charge < -0.3 is 15.0 Å². The minimum atomic E-state index is -0.312. The van der Waals surface area contributed by atoms with Crippen LogP contribution in [0.2, 0.25) is 0 Å². The Kier molecular flexibility index (Phi) is 4.55. The van der Waals surface area contributed by atoms with Crippen molar-refractivity contribution in [2.45, 2.75) is 12.5 Å². The first-order chi connectivity index (χ1) is 9.15. The first kappa shape index (κ1) is 14.0. The van der Waals surface area contributed by atoms with Gasteiger partial charge >= 0.3 is 0 Å². The van der Waals surface area contributed by atoms with E-state index in [2.05, 4.69) is 5.32 Å². The predicted molar refractivity (Wildman–Crippen MR) is 72.8 cm³/mol. The number of ether oxygens (including phenoxy) is 1. The number of nitrogens with one attached hydrogen (secondary N) is 1. The normalized spacial score (nSPS) is 22.8. The molecular weight excluding hydrogens is 264 g/mol. The highest BCUT2D eigenvalue weighted by atomic mass is 32.1. The van der Waals surface area contributed by atoms with E-state index in [-0.39, 0.29) is 30.2 Å². The van der Waals surface area contributed by atoms with Gasteiger partial charge in [-0.2, -0.15) is 0 Å². The van der Waals surface area contributed by atoms with Crippen molar-refractivity contribution in [1.82, 2.24) is 10.2 Å². The van der Waals surface area contributed by atoms with Crippen molar-refractivity contribution in [1.29, 1.82) is 0 Å². The summed E-state index contributed by atoms with van der Waals surface area (Å²) < 4.78 is 4.91. The molecule has 104 valence electrons. The Hall–Kier alpha value is -1.40. The average Bonchev–Trinajstić information content (AvgIpc) is 2.99. The van der Waals surface area contributed by atoms with Gasteiger partial charge in [0.1, 0.15) is 0 Å². The molecule has 1 fully saturated rings. The molecule has 1 N–H and O–H groups in total. The largest absolute Gasteiger partial charge is 0.383 e. The zero-order chi connectivity index (χ0) is 13.8. The van der Waals surface area contributed by atoms with Crippen molar-refractivity contribution in [3.05, 3.63) is 22.4 Å². The van der Waals surface area contributed by atoms with Crippen LogP contribution in [0.5, 0.6) is 0 Å². The number of rotatable bonds is 5. The maximum Gasteiger partial charge on any atom is 0.226 e. The number of hydrogen-bond acceptors (Lipinski definition) is 4. The summed E-state index contributed by atoms with van der Waals surface area (Å²) in [5.74, 6) is -0.369. The van der Waals surface area contributed by atoms with Crippen molar-refractivity contribution in [2.24, 2.45) is 5.92 Å². The maximum atomic E-state index is 12.2. The third-order valence-corrected chi connectivity index (χ3v) is 4.31. The third-order valence-electron chi connectivity index (χ3n) is 3.36. The summed E-state index contributed by atoms with van der Waals surface area (Å²) in [5.41, 5.74) is 0. The Balaban J connectivity index is 2.09. The Morgan fingerprint density at radius 3 is 3.05 bits per heavy atom. The van der Waals surface area contributed by atoms with Gasteiger partial charge in [0.15, 0.2) is 0 Å². The molecule has 5 nitrogen and oxygen atoms in total. The zero-order valence-electron chi connectivity index (χ0n) is 11.1. The molecule has 1 aliphatic rings. The fourth-order valence-electron chi connectivity index (χ4n) is 2.36. The van der Waals surface area contributed by atoms with Crippen LogP contribution in [0.3, 0.4) is 0 Å². The second-order valence-corrected chi connectivity index (χ2v) is 5.54. The van der Waals surface area contributed by atoms with Crippen molar-refractivity contribution >= 4 is 23.2 Å². The van der Waals surface area contributed by atoms with Crippen molar-refractivity contribution in [3.63, 3.8) is 0 Å². The molecule has 0 saturated carbocycles. The maximum absolute atomic E-state index is 12.2. The predicted octanol–water partition coefficient (Wildman–Crippen LogP) is 1.03. The Labute approximate surface area is 116 Å². The molecule has 2 amide bonds. The van der Waals surface area contributed by atoms with Gasteiger partial charge in [-0.3, -0.25) is 9.59 Å². The van der Waals surface area contributed by atoms with Gasteiger partial charge in [-0.1, -0.05) is 6.07 Å². The molecule has 19 heavy (non-hydrogen) atoms. The molecule has 0 bridgehead atoms. The van der Waals surface area contributed by atoms with E-state index in [4.69, 9.17) is 4.74 Å². The third kappa shape index (κ3) is 2.96. The number of carbonyl (C=O) groups excluding carboxylic acids is 2. The lowest BCUT2D eigenvalue weighted by Gasteiger charge is -2.23. The molecule has 1 aliphatic heterocycles. The molecule has 0 aliphatic carbocycles. The first-order valence-electron chi connectivity index (χ1n) is 6.21. The van der Waals surface area contributed by atoms with Crippen molar-refractivity contribution in [3.8, 4) is 0 Å². The SMILES string of the molecule is COCCNC(=O)[C@H]1CC(=O)N(C)[C@H]1c1cccs1. The summed E-state index contributed by atoms with van der Waals surface area (Å²) in [5, 5.41) is 4.78. The molecule has 2 rings (SSSR count). The first-order valence-corrected chi connectivity index (χ1v) is 7.09. The number of nitrogens with zero attached hydrogens (tertiary/aromatic N) is 1. The number of likely N-dealkylation sites (tertiary alicyclic amines) is 1. The Bertz CT molecular complexity index is 447. The van der Waals surface area contributed by atoms with Gasteiger partial charge in [0.05, 0.1) is 18.6 Å². The quantitative estimate of drug-likeness (QED) is 0.821. The summed E-state index contributed by atoms with van der Waals surface area (Å²) in [4.78, 5) is 26.8. The highest BCUT2D eigenvalue weighted by Crippen LogP contribution is 2.38. The monoisotopic (exact) mass is 282 g/mol. The van der Waals surface area contributed by atoms with E-state index in [1.807, 2.05) is 17.5 Å². The number of hydrogen-bond donors (Lipinski definition) is 1. The topological polar surface area (TPSA) is 58.6 Å². The van der Waals surface area contributed by atoms with E-state index in [9.17, 15) is 9.59 Å². The average molecular weight is 282 g/mol. The van der Waals surface area contributed by atoms with Crippen LogP contribution >= 0.6 is 11.3 Å². The molecule has 0 aromatic carbocycles. The summed E-state index contributed by atoms with van der Waals surface area (Å²) >= 11 is 1.58. The van der Waals surface area contributed by atoms with E-state index in [0.717, 1.165) is 4.88 Å². The second-order valence-electron chi connectivity index (χ2n) is 4.56. The minimum Gasteiger partial charge on any atom is -0.383 e. The van der Waals surface area contributed by atoms with Crippen molar-refractivity contribution in [2.75, 3.05) is 27.3 Å². The van der Waals surface area contributed by atoms with Crippen LogP contribution in [0.25, 0.3) is 0 Å². The molecule has 0 spiro atoms. The fraction of sp³-hybridized carbons (Fsp3) is 0.538. The molecular formula is C13H18N2O3S. The lowest BCUT2D eigenvalue weighted by molar-refractivity contribution is -0.128. The molecule has 6 heteroatoms. The zero-order valence-corrected chi connectivity index (χ0v) is 11.9. The minimum absolute atomic E-state index is 0.0188. The number of carbonyl (C=O) groups is 2. The molecule has 0 radical (unpaired) electrons. The van der Waals surface area contributed by atoms with Crippen LogP contribution in [0, 0.1) is 5.92 Å². The van der Waals surface area contributed by atoms with Gasteiger partial charge in [-0.15, -0.1) is 11.3 Å². The van der Waals surface area contributed by atoms with E-state index < -0.39 is 0 Å². The fourth-order valence-corrected chi connectivity index (χ4v) is 3.29. The summed E-state index contributed by atoms with van der Waals surface area (Å²) in [6, 6.07) is 3.77. The highest BCUT2D eigenvalue weighted by Gasteiger charge is 2.42.